The van der Waals surface area contributed by atoms with Crippen LogP contribution in [0.25, 0.3) is 10.9 Å². The lowest BCUT2D eigenvalue weighted by molar-refractivity contribution is -0.001000. The van der Waals surface area contributed by atoms with Crippen molar-refractivity contribution in [1.82, 2.24) is 4.98 Å². The van der Waals surface area contributed by atoms with Gasteiger partial charge in [-0.1, -0.05) is 72.8 Å². The molecule has 4 aromatic carbocycles. The SMILES string of the molecule is [I-].[I-].c1ccc([P+](Cc2cc3ccccc3[nH]2)(c2ccccc2)c2ccccc2)cc1. The third-order valence-corrected chi connectivity index (χ3v) is 9.94. The van der Waals surface area contributed by atoms with Crippen LogP contribution in [0.2, 0.25) is 0 Å². The first-order chi connectivity index (χ1) is 14.4. The number of nitrogens with one attached hydrogen (secondary N) is 1. The number of aromatic amines is 1. The topological polar surface area (TPSA) is 15.8 Å². The number of fused-ring (bicyclic) bond motifs is 1. The molecule has 1 aromatic heterocycles. The molecule has 0 aliphatic carbocycles. The number of para-hydroxylation sites is 1. The van der Waals surface area contributed by atoms with Gasteiger partial charge < -0.3 is 52.9 Å². The minimum absolute atomic E-state index is 0. The number of H-pyrrole nitrogens is 1. The minimum Gasteiger partial charge on any atom is -1.00 e. The third-order valence-electron chi connectivity index (χ3n) is 5.58. The fraction of sp³-hybridized carbons (Fsp3) is 0.0370. The second-order valence-corrected chi connectivity index (χ2v) is 10.8. The van der Waals surface area contributed by atoms with Crippen LogP contribution in [0.3, 0.4) is 0 Å². The van der Waals surface area contributed by atoms with Gasteiger partial charge in [0.15, 0.2) is 0 Å². The van der Waals surface area contributed by atoms with Crippen molar-refractivity contribution in [2.45, 2.75) is 6.16 Å². The van der Waals surface area contributed by atoms with E-state index in [1.807, 2.05) is 0 Å². The summed E-state index contributed by atoms with van der Waals surface area (Å²) >= 11 is 0. The van der Waals surface area contributed by atoms with E-state index in [0.717, 1.165) is 6.16 Å². The van der Waals surface area contributed by atoms with Crippen LogP contribution in [0.4, 0.5) is 0 Å². The fourth-order valence-electron chi connectivity index (χ4n) is 4.24. The van der Waals surface area contributed by atoms with Gasteiger partial charge in [0, 0.05) is 5.52 Å². The standard InChI is InChI=1S/C27H23NP.2HI/c1-4-13-24(14-5-1)29(25-15-6-2-7-16-25,26-17-8-3-9-18-26)21-23-20-22-12-10-11-19-27(22)28-23;;/h1-20,28H,21H2;2*1H/q+1;;/p-2. The summed E-state index contributed by atoms with van der Waals surface area (Å²) in [5, 5.41) is 5.51. The number of rotatable bonds is 5. The molecule has 0 radical (unpaired) electrons. The third kappa shape index (κ3) is 4.74. The van der Waals surface area contributed by atoms with Crippen molar-refractivity contribution in [3.63, 3.8) is 0 Å². The number of aromatic nitrogens is 1. The molecule has 0 saturated heterocycles. The van der Waals surface area contributed by atoms with E-state index in [1.54, 1.807) is 0 Å². The van der Waals surface area contributed by atoms with Crippen LogP contribution in [0.15, 0.2) is 121 Å². The first kappa shape index (κ1) is 24.0. The molecular formula is C27H23I2NP-. The fourth-order valence-corrected chi connectivity index (χ4v) is 8.41. The summed E-state index contributed by atoms with van der Waals surface area (Å²) in [6.45, 7) is 0. The molecule has 0 aliphatic heterocycles. The Bertz CT molecular complexity index is 1090. The monoisotopic (exact) mass is 646 g/mol. The highest BCUT2D eigenvalue weighted by atomic mass is 127. The molecule has 0 fully saturated rings. The van der Waals surface area contributed by atoms with Gasteiger partial charge in [-0.3, -0.25) is 0 Å². The van der Waals surface area contributed by atoms with Crippen molar-refractivity contribution >= 4 is 34.1 Å². The summed E-state index contributed by atoms with van der Waals surface area (Å²) in [6.07, 6.45) is 0.972. The summed E-state index contributed by atoms with van der Waals surface area (Å²) in [6, 6.07) is 44.0. The molecule has 1 heterocycles. The van der Waals surface area contributed by atoms with Gasteiger partial charge in [0.2, 0.25) is 0 Å². The molecule has 0 bridgehead atoms. The second-order valence-electron chi connectivity index (χ2n) is 7.36. The molecule has 4 heteroatoms. The molecule has 5 rings (SSSR count). The van der Waals surface area contributed by atoms with Gasteiger partial charge in [-0.25, -0.2) is 0 Å². The minimum atomic E-state index is -1.86. The van der Waals surface area contributed by atoms with Gasteiger partial charge in [0.05, 0.1) is 5.69 Å². The second kappa shape index (κ2) is 10.8. The smallest absolute Gasteiger partial charge is 0.118 e. The number of hydrogen-bond acceptors (Lipinski definition) is 0. The van der Waals surface area contributed by atoms with Crippen molar-refractivity contribution in [1.29, 1.82) is 0 Å². The van der Waals surface area contributed by atoms with Crippen LogP contribution in [-0.4, -0.2) is 4.98 Å². The van der Waals surface area contributed by atoms with E-state index >= 15 is 0 Å². The van der Waals surface area contributed by atoms with E-state index in [-0.39, 0.29) is 48.0 Å². The lowest BCUT2D eigenvalue weighted by Gasteiger charge is -2.27. The highest BCUT2D eigenvalue weighted by Gasteiger charge is 2.45. The molecule has 31 heavy (non-hydrogen) atoms. The van der Waals surface area contributed by atoms with E-state index in [1.165, 1.54) is 32.5 Å². The zero-order chi connectivity index (χ0) is 19.5. The van der Waals surface area contributed by atoms with Crippen molar-refractivity contribution in [2.24, 2.45) is 0 Å². The van der Waals surface area contributed by atoms with E-state index in [2.05, 4.69) is 126 Å². The zero-order valence-corrected chi connectivity index (χ0v) is 22.2. The number of halogens is 2. The molecule has 0 saturated carbocycles. The van der Waals surface area contributed by atoms with Gasteiger partial charge >= 0.3 is 0 Å². The average Bonchev–Trinajstić information content (AvgIpc) is 3.22. The summed E-state index contributed by atoms with van der Waals surface area (Å²) in [4.78, 5) is 3.69. The van der Waals surface area contributed by atoms with Crippen LogP contribution in [0.5, 0.6) is 0 Å². The van der Waals surface area contributed by atoms with Gasteiger partial charge in [-0.05, 0) is 53.9 Å². The molecule has 0 aliphatic rings. The van der Waals surface area contributed by atoms with Crippen LogP contribution in [-0.2, 0) is 6.16 Å². The van der Waals surface area contributed by atoms with Crippen LogP contribution < -0.4 is 63.9 Å². The predicted octanol–water partition coefficient (Wildman–Crippen LogP) is -0.330. The average molecular weight is 646 g/mol. The van der Waals surface area contributed by atoms with Gasteiger partial charge in [0.1, 0.15) is 29.3 Å². The number of benzene rings is 4. The van der Waals surface area contributed by atoms with Gasteiger partial charge in [-0.15, -0.1) is 0 Å². The van der Waals surface area contributed by atoms with E-state index in [9.17, 15) is 0 Å². The van der Waals surface area contributed by atoms with Crippen molar-refractivity contribution < 1.29 is 48.0 Å². The normalized spacial score (nSPS) is 10.8. The van der Waals surface area contributed by atoms with Crippen LogP contribution >= 0.6 is 7.26 Å². The van der Waals surface area contributed by atoms with E-state index in [4.69, 9.17) is 0 Å². The Morgan fingerprint density at radius 3 is 1.39 bits per heavy atom. The number of hydrogen-bond donors (Lipinski definition) is 1. The molecule has 0 atom stereocenters. The van der Waals surface area contributed by atoms with Gasteiger partial charge in [0.25, 0.3) is 0 Å². The molecular weight excluding hydrogens is 623 g/mol. The Morgan fingerprint density at radius 1 is 0.516 bits per heavy atom. The Labute approximate surface area is 218 Å². The molecule has 156 valence electrons. The molecule has 1 N–H and O–H groups in total. The maximum atomic E-state index is 3.69. The summed E-state index contributed by atoms with van der Waals surface area (Å²) in [5.41, 5.74) is 2.49. The molecule has 0 unspecified atom stereocenters. The first-order valence-corrected chi connectivity index (χ1v) is 12.0. The van der Waals surface area contributed by atoms with Crippen LogP contribution in [0, 0.1) is 0 Å². The van der Waals surface area contributed by atoms with Crippen molar-refractivity contribution in [3.05, 3.63) is 127 Å². The predicted molar refractivity (Wildman–Crippen MR) is 127 cm³/mol. The van der Waals surface area contributed by atoms with E-state index in [0.29, 0.717) is 0 Å². The van der Waals surface area contributed by atoms with E-state index < -0.39 is 7.26 Å². The summed E-state index contributed by atoms with van der Waals surface area (Å²) < 4.78 is 0. The maximum Gasteiger partial charge on any atom is 0.118 e. The Hall–Kier alpha value is -1.69. The van der Waals surface area contributed by atoms with Crippen molar-refractivity contribution in [2.75, 3.05) is 0 Å². The lowest BCUT2D eigenvalue weighted by Crippen LogP contribution is -3.00. The molecule has 0 amide bonds. The quantitative estimate of drug-likeness (QED) is 0.199. The molecule has 1 nitrogen and oxygen atoms in total. The highest BCUT2D eigenvalue weighted by molar-refractivity contribution is 7.95. The highest BCUT2D eigenvalue weighted by Crippen LogP contribution is 2.58. The summed E-state index contributed by atoms with van der Waals surface area (Å²) in [7, 11) is -1.86. The Kier molecular flexibility index (Phi) is 8.31. The zero-order valence-electron chi connectivity index (χ0n) is 17.0. The lowest BCUT2D eigenvalue weighted by atomic mass is 10.2. The maximum absolute atomic E-state index is 3.69. The van der Waals surface area contributed by atoms with Crippen LogP contribution in [0.1, 0.15) is 5.69 Å². The largest absolute Gasteiger partial charge is 1.00 e. The Balaban J connectivity index is 0.00000136. The molecule has 0 spiro atoms. The molecule has 5 aromatic rings. The first-order valence-electron chi connectivity index (χ1n) is 9.98. The van der Waals surface area contributed by atoms with Gasteiger partial charge in [-0.2, -0.15) is 0 Å². The summed E-state index contributed by atoms with van der Waals surface area (Å²) in [5.74, 6) is 0. The Morgan fingerprint density at radius 2 is 0.935 bits per heavy atom. The van der Waals surface area contributed by atoms with Crippen molar-refractivity contribution in [3.8, 4) is 0 Å².